The smallest absolute Gasteiger partial charge is 0.396 e. The molecule has 0 aromatic heterocycles. The maximum absolute atomic E-state index is 12.8. The fourth-order valence-electron chi connectivity index (χ4n) is 4.63. The van der Waals surface area contributed by atoms with Crippen molar-refractivity contribution < 1.29 is 23.1 Å². The largest absolute Gasteiger partial charge is 0.416 e. The van der Waals surface area contributed by atoms with Gasteiger partial charge in [0.2, 0.25) is 5.91 Å². The summed E-state index contributed by atoms with van der Waals surface area (Å²) in [4.78, 5) is 14.0. The summed E-state index contributed by atoms with van der Waals surface area (Å²) in [6, 6.07) is 4.42. The van der Waals surface area contributed by atoms with Crippen LogP contribution >= 0.6 is 0 Å². The van der Waals surface area contributed by atoms with E-state index in [2.05, 4.69) is 0 Å². The lowest BCUT2D eigenvalue weighted by molar-refractivity contribution is -0.160. The molecule has 1 aromatic rings. The highest BCUT2D eigenvalue weighted by Crippen LogP contribution is 2.53. The van der Waals surface area contributed by atoms with Gasteiger partial charge in [-0.1, -0.05) is 19.1 Å². The number of carbonyl (C=O) groups is 1. The lowest BCUT2D eigenvalue weighted by Crippen LogP contribution is -2.64. The summed E-state index contributed by atoms with van der Waals surface area (Å²) in [6.45, 7) is 4.82. The molecule has 26 heavy (non-hydrogen) atoms. The summed E-state index contributed by atoms with van der Waals surface area (Å²) in [6.07, 6.45) is -0.812. The first kappa shape index (κ1) is 19.2. The molecular formula is C20H26F3NO2. The summed E-state index contributed by atoms with van der Waals surface area (Å²) in [5.74, 6) is 0.226. The molecule has 1 aromatic carbocycles. The molecule has 144 valence electrons. The third kappa shape index (κ3) is 3.61. The molecule has 0 radical (unpaired) electrons. The zero-order chi connectivity index (χ0) is 19.1. The zero-order valence-corrected chi connectivity index (χ0v) is 15.3. The number of rotatable bonds is 5. The minimum atomic E-state index is -4.30. The Labute approximate surface area is 152 Å². The fraction of sp³-hybridized carbons (Fsp3) is 0.650. The van der Waals surface area contributed by atoms with Crippen LogP contribution in [0.3, 0.4) is 0 Å². The molecule has 1 heterocycles. The summed E-state index contributed by atoms with van der Waals surface area (Å²) in [7, 11) is 0. The molecule has 1 N–H and O–H groups in total. The molecule has 1 atom stereocenters. The Kier molecular flexibility index (Phi) is 5.08. The highest BCUT2D eigenvalue weighted by Gasteiger charge is 2.53. The Balaban J connectivity index is 1.50. The van der Waals surface area contributed by atoms with Crippen LogP contribution in [0.15, 0.2) is 18.2 Å². The number of hydrogen-bond donors (Lipinski definition) is 1. The van der Waals surface area contributed by atoms with Crippen LogP contribution in [0.25, 0.3) is 0 Å². The summed E-state index contributed by atoms with van der Waals surface area (Å²) >= 11 is 0. The van der Waals surface area contributed by atoms with Gasteiger partial charge in [-0.3, -0.25) is 4.79 Å². The van der Waals surface area contributed by atoms with Gasteiger partial charge in [0, 0.05) is 18.5 Å². The Morgan fingerprint density at radius 2 is 2.00 bits per heavy atom. The van der Waals surface area contributed by atoms with Crippen molar-refractivity contribution in [2.24, 2.45) is 17.3 Å². The predicted octanol–water partition coefficient (Wildman–Crippen LogP) is 3.81. The first-order chi connectivity index (χ1) is 12.2. The average Bonchev–Trinajstić information content (AvgIpc) is 2.48. The number of benzene rings is 1. The number of carbonyl (C=O) groups excluding carboxylic acids is 1. The summed E-state index contributed by atoms with van der Waals surface area (Å²) < 4.78 is 38.5. The highest BCUT2D eigenvalue weighted by molar-refractivity contribution is 5.80. The maximum Gasteiger partial charge on any atom is 0.416 e. The number of hydrogen-bond acceptors (Lipinski definition) is 2. The van der Waals surface area contributed by atoms with Crippen LogP contribution < -0.4 is 0 Å². The van der Waals surface area contributed by atoms with E-state index < -0.39 is 11.7 Å². The highest BCUT2D eigenvalue weighted by atomic mass is 19.4. The minimum Gasteiger partial charge on any atom is -0.396 e. The van der Waals surface area contributed by atoms with Crippen molar-refractivity contribution in [3.8, 4) is 0 Å². The first-order valence-corrected chi connectivity index (χ1v) is 9.24. The van der Waals surface area contributed by atoms with Crippen molar-refractivity contribution in [3.63, 3.8) is 0 Å². The van der Waals surface area contributed by atoms with Gasteiger partial charge < -0.3 is 10.0 Å². The molecule has 1 aliphatic carbocycles. The molecule has 6 heteroatoms. The number of aliphatic hydroxyl groups is 1. The van der Waals surface area contributed by atoms with Gasteiger partial charge in [-0.15, -0.1) is 0 Å². The lowest BCUT2D eigenvalue weighted by atomic mass is 9.56. The van der Waals surface area contributed by atoms with Crippen LogP contribution in [0.5, 0.6) is 0 Å². The van der Waals surface area contributed by atoms with E-state index in [1.54, 1.807) is 12.1 Å². The normalized spacial score (nSPS) is 20.6. The molecule has 0 unspecified atom stereocenters. The van der Waals surface area contributed by atoms with Gasteiger partial charge in [-0.25, -0.2) is 0 Å². The van der Waals surface area contributed by atoms with Crippen molar-refractivity contribution in [2.75, 3.05) is 19.7 Å². The van der Waals surface area contributed by atoms with Crippen LogP contribution in [-0.4, -0.2) is 35.6 Å². The number of nitrogens with zero attached hydrogens (tertiary/aromatic N) is 1. The number of likely N-dealkylation sites (tertiary alicyclic amines) is 1. The van der Waals surface area contributed by atoms with E-state index >= 15 is 0 Å². The molecule has 3 rings (SSSR count). The van der Waals surface area contributed by atoms with Crippen LogP contribution in [0.4, 0.5) is 13.2 Å². The van der Waals surface area contributed by atoms with Crippen LogP contribution in [0.1, 0.15) is 42.9 Å². The van der Waals surface area contributed by atoms with E-state index in [1.807, 2.05) is 11.8 Å². The van der Waals surface area contributed by atoms with Crippen LogP contribution in [-0.2, 0) is 17.4 Å². The van der Waals surface area contributed by atoms with Crippen molar-refractivity contribution in [2.45, 2.75) is 45.7 Å². The maximum atomic E-state index is 12.8. The van der Waals surface area contributed by atoms with Gasteiger partial charge in [-0.05, 0) is 55.7 Å². The van der Waals surface area contributed by atoms with Gasteiger partial charge in [0.1, 0.15) is 0 Å². The van der Waals surface area contributed by atoms with Crippen LogP contribution in [0, 0.1) is 24.2 Å². The Morgan fingerprint density at radius 3 is 2.50 bits per heavy atom. The molecule has 1 amide bonds. The molecule has 2 aliphatic rings. The Hall–Kier alpha value is -1.56. The van der Waals surface area contributed by atoms with E-state index in [4.69, 9.17) is 0 Å². The Morgan fingerprint density at radius 1 is 1.35 bits per heavy atom. The molecule has 1 saturated heterocycles. The quantitative estimate of drug-likeness (QED) is 0.857. The van der Waals surface area contributed by atoms with E-state index in [9.17, 15) is 23.1 Å². The number of aryl methyl sites for hydroxylation is 1. The first-order valence-electron chi connectivity index (χ1n) is 9.24. The monoisotopic (exact) mass is 369 g/mol. The minimum absolute atomic E-state index is 0.0439. The summed E-state index contributed by atoms with van der Waals surface area (Å²) in [5, 5.41) is 9.25. The second kappa shape index (κ2) is 6.87. The summed E-state index contributed by atoms with van der Waals surface area (Å²) in [5.41, 5.74) is 0.872. The average molecular weight is 369 g/mol. The van der Waals surface area contributed by atoms with Gasteiger partial charge >= 0.3 is 6.18 Å². The van der Waals surface area contributed by atoms with E-state index in [1.165, 1.54) is 13.0 Å². The molecule has 3 nitrogen and oxygen atoms in total. The van der Waals surface area contributed by atoms with Gasteiger partial charge in [0.15, 0.2) is 0 Å². The number of aliphatic hydroxyl groups excluding tert-OH is 1. The number of halogens is 3. The topological polar surface area (TPSA) is 40.5 Å². The van der Waals surface area contributed by atoms with Crippen molar-refractivity contribution in [1.82, 2.24) is 4.90 Å². The molecule has 1 aliphatic heterocycles. The third-order valence-electron chi connectivity index (χ3n) is 5.99. The molecule has 2 fully saturated rings. The van der Waals surface area contributed by atoms with Gasteiger partial charge in [-0.2, -0.15) is 13.2 Å². The van der Waals surface area contributed by atoms with Crippen LogP contribution in [0.2, 0.25) is 0 Å². The molecular weight excluding hydrogens is 343 g/mol. The Bertz CT molecular complexity index is 668. The van der Waals surface area contributed by atoms with E-state index in [-0.39, 0.29) is 29.4 Å². The van der Waals surface area contributed by atoms with Crippen molar-refractivity contribution in [3.05, 3.63) is 34.9 Å². The standard InChI is InChI=1S/C20H26F3NO2/c1-3-16(10-25)18(26)24-11-19(12-24)8-15(9-19)7-14-4-5-17(13(2)6-14)20(21,22)23/h4-6,15-16,25H,3,7-12H2,1-2H3/t16-/m1/s1. The second-order valence-corrected chi connectivity index (χ2v) is 8.11. The second-order valence-electron chi connectivity index (χ2n) is 8.11. The van der Waals surface area contributed by atoms with Crippen molar-refractivity contribution >= 4 is 5.91 Å². The molecule has 1 saturated carbocycles. The van der Waals surface area contributed by atoms with Gasteiger partial charge in [0.25, 0.3) is 0 Å². The number of alkyl halides is 3. The third-order valence-corrected chi connectivity index (χ3v) is 5.99. The molecule has 1 spiro atoms. The SMILES string of the molecule is CC[C@H](CO)C(=O)N1CC2(CC(Cc3ccc(C(F)(F)F)c(C)c3)C2)C1. The van der Waals surface area contributed by atoms with Crippen molar-refractivity contribution in [1.29, 1.82) is 0 Å². The zero-order valence-electron chi connectivity index (χ0n) is 15.3. The predicted molar refractivity (Wildman–Crippen MR) is 92.5 cm³/mol. The number of amides is 1. The fourth-order valence-corrected chi connectivity index (χ4v) is 4.63. The van der Waals surface area contributed by atoms with E-state index in [0.717, 1.165) is 37.9 Å². The lowest BCUT2D eigenvalue weighted by Gasteiger charge is -2.59. The van der Waals surface area contributed by atoms with Gasteiger partial charge in [0.05, 0.1) is 18.1 Å². The van der Waals surface area contributed by atoms with E-state index in [0.29, 0.717) is 12.3 Å². The molecule has 0 bridgehead atoms.